The van der Waals surface area contributed by atoms with Gasteiger partial charge < -0.3 is 15.5 Å². The number of aliphatic hydroxyl groups is 1. The highest BCUT2D eigenvalue weighted by atomic mass is 16.4. The molecule has 1 aliphatic rings. The Labute approximate surface area is 118 Å². The Morgan fingerprint density at radius 3 is 2.60 bits per heavy atom. The lowest BCUT2D eigenvalue weighted by molar-refractivity contribution is -0.0510. The molecule has 2 unspecified atom stereocenters. The van der Waals surface area contributed by atoms with Crippen LogP contribution in [0.4, 0.5) is 5.69 Å². The van der Waals surface area contributed by atoms with E-state index < -0.39 is 5.97 Å². The van der Waals surface area contributed by atoms with E-state index in [1.165, 1.54) is 6.20 Å². The third-order valence-corrected chi connectivity index (χ3v) is 4.07. The van der Waals surface area contributed by atoms with Gasteiger partial charge in [-0.25, -0.2) is 14.8 Å². The summed E-state index contributed by atoms with van der Waals surface area (Å²) in [5, 5.41) is 22.2. The van der Waals surface area contributed by atoms with Gasteiger partial charge in [-0.2, -0.15) is 0 Å². The maximum absolute atomic E-state index is 11.3. The Kier molecular flexibility index (Phi) is 3.69. The van der Waals surface area contributed by atoms with Gasteiger partial charge in [0.2, 0.25) is 0 Å². The number of aromatic carboxylic acids is 1. The van der Waals surface area contributed by atoms with E-state index in [1.54, 1.807) is 0 Å². The summed E-state index contributed by atoms with van der Waals surface area (Å²) in [5.41, 5.74) is 0.111. The van der Waals surface area contributed by atoms with Gasteiger partial charge in [-0.3, -0.25) is 0 Å². The van der Waals surface area contributed by atoms with Crippen LogP contribution < -0.4 is 5.32 Å². The highest BCUT2D eigenvalue weighted by molar-refractivity contribution is 5.91. The van der Waals surface area contributed by atoms with Gasteiger partial charge in [-0.15, -0.1) is 0 Å². The van der Waals surface area contributed by atoms with Crippen molar-refractivity contribution in [3.05, 3.63) is 17.7 Å². The third-order valence-electron chi connectivity index (χ3n) is 4.07. The largest absolute Gasteiger partial charge is 0.476 e. The molecule has 6 nitrogen and oxygen atoms in total. The summed E-state index contributed by atoms with van der Waals surface area (Å²) in [6.45, 7) is 7.73. The molecule has 0 bridgehead atoms. The maximum atomic E-state index is 11.3. The lowest BCUT2D eigenvalue weighted by atomic mass is 9.64. The van der Waals surface area contributed by atoms with Crippen molar-refractivity contribution in [3.63, 3.8) is 0 Å². The topological polar surface area (TPSA) is 95.3 Å². The highest BCUT2D eigenvalue weighted by Gasteiger charge is 2.47. The number of aliphatic hydroxyl groups excluding tert-OH is 1. The second-order valence-electron chi connectivity index (χ2n) is 6.22. The van der Waals surface area contributed by atoms with Gasteiger partial charge in [0.25, 0.3) is 0 Å². The molecule has 1 heterocycles. The van der Waals surface area contributed by atoms with Crippen LogP contribution in [-0.2, 0) is 0 Å². The molecular weight excluding hydrogens is 258 g/mol. The van der Waals surface area contributed by atoms with Crippen LogP contribution in [0.2, 0.25) is 0 Å². The molecule has 2 rings (SSSR count). The predicted octanol–water partition coefficient (Wildman–Crippen LogP) is 1.87. The van der Waals surface area contributed by atoms with Crippen LogP contribution in [0.15, 0.2) is 6.20 Å². The smallest absolute Gasteiger partial charge is 0.356 e. The number of aromatic nitrogens is 2. The first-order valence-corrected chi connectivity index (χ1v) is 6.78. The van der Waals surface area contributed by atoms with Crippen molar-refractivity contribution in [2.75, 3.05) is 5.32 Å². The van der Waals surface area contributed by atoms with E-state index in [0.29, 0.717) is 17.9 Å². The lowest BCUT2D eigenvalue weighted by Crippen LogP contribution is -2.57. The summed E-state index contributed by atoms with van der Waals surface area (Å²) in [4.78, 5) is 19.6. The maximum Gasteiger partial charge on any atom is 0.356 e. The van der Waals surface area contributed by atoms with Gasteiger partial charge >= 0.3 is 5.97 Å². The number of hydrogen-bond donors (Lipinski definition) is 3. The quantitative estimate of drug-likeness (QED) is 0.778. The van der Waals surface area contributed by atoms with Crippen LogP contribution >= 0.6 is 0 Å². The first-order valence-electron chi connectivity index (χ1n) is 6.78. The van der Waals surface area contributed by atoms with E-state index in [0.717, 1.165) is 0 Å². The Hall–Kier alpha value is -1.69. The number of hydrogen-bond acceptors (Lipinski definition) is 5. The van der Waals surface area contributed by atoms with Crippen LogP contribution in [0.3, 0.4) is 0 Å². The van der Waals surface area contributed by atoms with Crippen molar-refractivity contribution >= 4 is 11.7 Å². The molecule has 1 fully saturated rings. The molecule has 2 atom stereocenters. The van der Waals surface area contributed by atoms with E-state index in [9.17, 15) is 15.0 Å². The summed E-state index contributed by atoms with van der Waals surface area (Å²) in [6.07, 6.45) is 1.74. The van der Waals surface area contributed by atoms with E-state index in [-0.39, 0.29) is 29.2 Å². The summed E-state index contributed by atoms with van der Waals surface area (Å²) in [5.74, 6) is -0.487. The Bertz CT molecular complexity index is 528. The van der Waals surface area contributed by atoms with E-state index in [1.807, 2.05) is 27.7 Å². The first kappa shape index (κ1) is 14.7. The molecular formula is C14H21N3O3. The van der Waals surface area contributed by atoms with Crippen LogP contribution in [0.1, 0.15) is 56.3 Å². The number of anilines is 1. The lowest BCUT2D eigenvalue weighted by Gasteiger charge is -2.49. The number of nitrogens with zero attached hydrogens (tertiary/aromatic N) is 2. The van der Waals surface area contributed by atoms with Gasteiger partial charge in [0, 0.05) is 17.4 Å². The number of carboxylic acids is 1. The average molecular weight is 279 g/mol. The molecule has 0 spiro atoms. The van der Waals surface area contributed by atoms with Crippen molar-refractivity contribution < 1.29 is 15.0 Å². The van der Waals surface area contributed by atoms with Gasteiger partial charge in [-0.05, 0) is 6.42 Å². The van der Waals surface area contributed by atoms with Crippen molar-refractivity contribution in [1.82, 2.24) is 9.97 Å². The van der Waals surface area contributed by atoms with Crippen molar-refractivity contribution in [3.8, 4) is 0 Å². The molecule has 1 aliphatic carbocycles. The molecule has 0 aromatic carbocycles. The van der Waals surface area contributed by atoms with Gasteiger partial charge in [0.1, 0.15) is 5.82 Å². The Morgan fingerprint density at radius 1 is 1.50 bits per heavy atom. The number of carboxylic acid groups (broad SMARTS) is 1. The van der Waals surface area contributed by atoms with Crippen LogP contribution in [0.25, 0.3) is 0 Å². The second-order valence-corrected chi connectivity index (χ2v) is 6.22. The van der Waals surface area contributed by atoms with E-state index in [2.05, 4.69) is 15.3 Å². The fraction of sp³-hybridized carbons (Fsp3) is 0.643. The molecule has 0 radical (unpaired) electrons. The van der Waals surface area contributed by atoms with Gasteiger partial charge in [0.15, 0.2) is 5.69 Å². The van der Waals surface area contributed by atoms with Crippen LogP contribution in [0.5, 0.6) is 0 Å². The Balaban J connectivity index is 2.26. The molecule has 1 saturated carbocycles. The molecule has 1 aromatic heterocycles. The standard InChI is InChI=1S/C14H21N3O3/c1-7(2)12-15-6-8(11(17-12)13(19)20)16-9-5-10(18)14(9,3)4/h6-7,9-10,16,18H,5H2,1-4H3,(H,19,20). The fourth-order valence-corrected chi connectivity index (χ4v) is 2.28. The van der Waals surface area contributed by atoms with Crippen LogP contribution in [-0.4, -0.2) is 38.3 Å². The highest BCUT2D eigenvalue weighted by Crippen LogP contribution is 2.42. The minimum absolute atomic E-state index is 0.0131. The number of carbonyl (C=O) groups is 1. The zero-order valence-electron chi connectivity index (χ0n) is 12.2. The third kappa shape index (κ3) is 2.47. The number of rotatable bonds is 4. The summed E-state index contributed by atoms with van der Waals surface area (Å²) in [7, 11) is 0. The normalized spacial score (nSPS) is 24.3. The van der Waals surface area contributed by atoms with Crippen LogP contribution in [0, 0.1) is 5.41 Å². The predicted molar refractivity (Wildman–Crippen MR) is 74.9 cm³/mol. The zero-order chi connectivity index (χ0) is 15.1. The van der Waals surface area contributed by atoms with Gasteiger partial charge in [-0.1, -0.05) is 27.7 Å². The van der Waals surface area contributed by atoms with Crippen molar-refractivity contribution in [1.29, 1.82) is 0 Å². The molecule has 1 aromatic rings. The molecule has 20 heavy (non-hydrogen) atoms. The summed E-state index contributed by atoms with van der Waals surface area (Å²) in [6, 6.07) is 0.0177. The monoisotopic (exact) mass is 279 g/mol. The van der Waals surface area contributed by atoms with Crippen molar-refractivity contribution in [2.24, 2.45) is 5.41 Å². The first-order chi connectivity index (χ1) is 9.23. The average Bonchev–Trinajstić information content (AvgIpc) is 2.38. The SMILES string of the molecule is CC(C)c1ncc(NC2CC(O)C2(C)C)c(C(=O)O)n1. The Morgan fingerprint density at radius 2 is 2.15 bits per heavy atom. The fourth-order valence-electron chi connectivity index (χ4n) is 2.28. The molecule has 110 valence electrons. The van der Waals surface area contributed by atoms with Gasteiger partial charge in [0.05, 0.1) is 18.0 Å². The zero-order valence-corrected chi connectivity index (χ0v) is 12.2. The minimum atomic E-state index is -1.07. The minimum Gasteiger partial charge on any atom is -0.476 e. The molecule has 6 heteroatoms. The van der Waals surface area contributed by atoms with E-state index >= 15 is 0 Å². The summed E-state index contributed by atoms with van der Waals surface area (Å²) >= 11 is 0. The molecule has 0 amide bonds. The molecule has 0 aliphatic heterocycles. The molecule has 3 N–H and O–H groups in total. The van der Waals surface area contributed by atoms with Crippen molar-refractivity contribution in [2.45, 2.75) is 52.2 Å². The summed E-state index contributed by atoms with van der Waals surface area (Å²) < 4.78 is 0. The number of nitrogens with one attached hydrogen (secondary N) is 1. The molecule has 0 saturated heterocycles. The second kappa shape index (κ2) is 5.01. The van der Waals surface area contributed by atoms with E-state index in [4.69, 9.17) is 0 Å².